The largest absolute Gasteiger partial charge is 0.341 e. The summed E-state index contributed by atoms with van der Waals surface area (Å²) in [5, 5.41) is 7.66. The van der Waals surface area contributed by atoms with Crippen LogP contribution in [0.2, 0.25) is 0 Å². The van der Waals surface area contributed by atoms with Crippen LogP contribution in [0.15, 0.2) is 42.7 Å². The molecule has 2 aromatic rings. The van der Waals surface area contributed by atoms with Gasteiger partial charge in [0.2, 0.25) is 5.91 Å². The molecular weight excluding hydrogens is 324 g/mol. The zero-order valence-corrected chi connectivity index (χ0v) is 14.8. The predicted molar refractivity (Wildman–Crippen MR) is 97.8 cm³/mol. The second-order valence-corrected chi connectivity index (χ2v) is 6.10. The maximum Gasteiger partial charge on any atom is 0.222 e. The Labute approximate surface area is 149 Å². The van der Waals surface area contributed by atoms with E-state index in [0.717, 1.165) is 43.6 Å². The molecule has 130 valence electrons. The van der Waals surface area contributed by atoms with Gasteiger partial charge in [0.15, 0.2) is 0 Å². The first kappa shape index (κ1) is 18.5. The number of aryl methyl sites for hydroxylation is 1. The number of aromatic nitrogens is 2. The molecule has 1 aromatic heterocycles. The number of likely N-dealkylation sites (N-methyl/N-ethyl adjacent to an activating group) is 1. The lowest BCUT2D eigenvalue weighted by Gasteiger charge is -2.32. The SMILES string of the molecule is CNC1CCCN(C(=O)CCc2cnn(-c3ccccc3)c2)C1.Cl. The van der Waals surface area contributed by atoms with Crippen molar-refractivity contribution in [3.05, 3.63) is 48.3 Å². The van der Waals surface area contributed by atoms with Crippen LogP contribution in [0.25, 0.3) is 5.69 Å². The van der Waals surface area contributed by atoms with E-state index in [1.54, 1.807) is 0 Å². The molecule has 0 bridgehead atoms. The van der Waals surface area contributed by atoms with Crippen LogP contribution in [0.5, 0.6) is 0 Å². The summed E-state index contributed by atoms with van der Waals surface area (Å²) >= 11 is 0. The third-order valence-electron chi connectivity index (χ3n) is 4.47. The van der Waals surface area contributed by atoms with Crippen molar-refractivity contribution in [2.24, 2.45) is 0 Å². The highest BCUT2D eigenvalue weighted by atomic mass is 35.5. The summed E-state index contributed by atoms with van der Waals surface area (Å²) in [7, 11) is 1.97. The van der Waals surface area contributed by atoms with Crippen LogP contribution in [-0.4, -0.2) is 46.8 Å². The molecule has 0 radical (unpaired) electrons. The number of likely N-dealkylation sites (tertiary alicyclic amines) is 1. The number of benzene rings is 1. The van der Waals surface area contributed by atoms with Gasteiger partial charge >= 0.3 is 0 Å². The highest BCUT2D eigenvalue weighted by Crippen LogP contribution is 2.13. The van der Waals surface area contributed by atoms with Crippen molar-refractivity contribution in [1.82, 2.24) is 20.0 Å². The Morgan fingerprint density at radius 3 is 2.88 bits per heavy atom. The van der Waals surface area contributed by atoms with Crippen molar-refractivity contribution in [2.45, 2.75) is 31.7 Å². The summed E-state index contributed by atoms with van der Waals surface area (Å²) in [6.45, 7) is 1.72. The molecule has 1 aliphatic heterocycles. The van der Waals surface area contributed by atoms with Crippen LogP contribution in [-0.2, 0) is 11.2 Å². The lowest BCUT2D eigenvalue weighted by molar-refractivity contribution is -0.132. The van der Waals surface area contributed by atoms with E-state index in [2.05, 4.69) is 10.4 Å². The Bertz CT molecular complexity index is 643. The quantitative estimate of drug-likeness (QED) is 0.903. The lowest BCUT2D eigenvalue weighted by atomic mass is 10.0. The fourth-order valence-electron chi connectivity index (χ4n) is 3.06. The van der Waals surface area contributed by atoms with E-state index < -0.39 is 0 Å². The van der Waals surface area contributed by atoms with Gasteiger partial charge < -0.3 is 10.2 Å². The number of piperidine rings is 1. The predicted octanol–water partition coefficient (Wildman–Crippen LogP) is 2.44. The Hall–Kier alpha value is -1.85. The molecule has 6 heteroatoms. The maximum absolute atomic E-state index is 12.4. The first-order valence-electron chi connectivity index (χ1n) is 8.30. The first-order valence-corrected chi connectivity index (χ1v) is 8.30. The molecule has 1 unspecified atom stereocenters. The summed E-state index contributed by atoms with van der Waals surface area (Å²) in [6, 6.07) is 10.5. The molecule has 2 heterocycles. The van der Waals surface area contributed by atoms with Gasteiger partial charge in [-0.2, -0.15) is 5.10 Å². The van der Waals surface area contributed by atoms with Gasteiger partial charge in [0.25, 0.3) is 0 Å². The Kier molecular flexibility index (Phi) is 6.82. The van der Waals surface area contributed by atoms with Gasteiger partial charge in [0.1, 0.15) is 0 Å². The van der Waals surface area contributed by atoms with Crippen LogP contribution in [0.4, 0.5) is 0 Å². The number of para-hydroxylation sites is 1. The molecule has 1 aliphatic rings. The fourth-order valence-corrected chi connectivity index (χ4v) is 3.06. The molecule has 24 heavy (non-hydrogen) atoms. The van der Waals surface area contributed by atoms with E-state index in [1.165, 1.54) is 0 Å². The van der Waals surface area contributed by atoms with Crippen molar-refractivity contribution < 1.29 is 4.79 Å². The van der Waals surface area contributed by atoms with Crippen molar-refractivity contribution in [2.75, 3.05) is 20.1 Å². The molecule has 1 fully saturated rings. The zero-order valence-electron chi connectivity index (χ0n) is 14.0. The Balaban J connectivity index is 0.00000208. The zero-order chi connectivity index (χ0) is 16.1. The molecule has 3 rings (SSSR count). The van der Waals surface area contributed by atoms with Crippen LogP contribution in [0, 0.1) is 0 Å². The Morgan fingerprint density at radius 2 is 2.12 bits per heavy atom. The number of nitrogens with zero attached hydrogens (tertiary/aromatic N) is 3. The highest BCUT2D eigenvalue weighted by molar-refractivity contribution is 5.85. The molecule has 5 nitrogen and oxygen atoms in total. The summed E-state index contributed by atoms with van der Waals surface area (Å²) in [4.78, 5) is 14.4. The Morgan fingerprint density at radius 1 is 1.33 bits per heavy atom. The standard InChI is InChI=1S/C18H24N4O.ClH/c1-19-16-6-5-11-21(14-16)18(23)10-9-15-12-20-22(13-15)17-7-3-2-4-8-17;/h2-4,7-8,12-13,16,19H,5-6,9-11,14H2,1H3;1H. The molecular formula is C18H25ClN4O. The molecule has 1 saturated heterocycles. The summed E-state index contributed by atoms with van der Waals surface area (Å²) in [6.07, 6.45) is 7.40. The van der Waals surface area contributed by atoms with Gasteiger partial charge in [0, 0.05) is 31.7 Å². The smallest absolute Gasteiger partial charge is 0.222 e. The maximum atomic E-state index is 12.4. The van der Waals surface area contributed by atoms with Gasteiger partial charge in [-0.05, 0) is 44.0 Å². The average Bonchev–Trinajstić information content (AvgIpc) is 3.09. The average molecular weight is 349 g/mol. The molecule has 1 atom stereocenters. The van der Waals surface area contributed by atoms with Crippen LogP contribution in [0.1, 0.15) is 24.8 Å². The van der Waals surface area contributed by atoms with E-state index in [-0.39, 0.29) is 18.3 Å². The van der Waals surface area contributed by atoms with Crippen LogP contribution in [0.3, 0.4) is 0 Å². The number of amides is 1. The van der Waals surface area contributed by atoms with E-state index >= 15 is 0 Å². The van der Waals surface area contributed by atoms with Crippen molar-refractivity contribution in [1.29, 1.82) is 0 Å². The van der Waals surface area contributed by atoms with Gasteiger partial charge in [0.05, 0.1) is 11.9 Å². The molecule has 1 amide bonds. The number of rotatable bonds is 5. The number of hydrogen-bond acceptors (Lipinski definition) is 3. The number of carbonyl (C=O) groups is 1. The topological polar surface area (TPSA) is 50.2 Å². The van der Waals surface area contributed by atoms with Crippen molar-refractivity contribution in [3.63, 3.8) is 0 Å². The molecule has 0 saturated carbocycles. The molecule has 0 spiro atoms. The molecule has 1 N–H and O–H groups in total. The number of halogens is 1. The van der Waals surface area contributed by atoms with Crippen LogP contribution < -0.4 is 5.32 Å². The number of nitrogens with one attached hydrogen (secondary N) is 1. The van der Waals surface area contributed by atoms with E-state index in [4.69, 9.17) is 0 Å². The second kappa shape index (κ2) is 8.85. The first-order chi connectivity index (χ1) is 11.3. The van der Waals surface area contributed by atoms with Crippen LogP contribution >= 0.6 is 12.4 Å². The minimum atomic E-state index is 0. The third-order valence-corrected chi connectivity index (χ3v) is 4.47. The fraction of sp³-hybridized carbons (Fsp3) is 0.444. The van der Waals surface area contributed by atoms with Crippen molar-refractivity contribution >= 4 is 18.3 Å². The van der Waals surface area contributed by atoms with E-state index in [9.17, 15) is 4.79 Å². The summed E-state index contributed by atoms with van der Waals surface area (Å²) in [5.41, 5.74) is 2.14. The van der Waals surface area contributed by atoms with E-state index in [1.807, 2.05) is 59.4 Å². The lowest BCUT2D eigenvalue weighted by Crippen LogP contribution is -2.47. The minimum Gasteiger partial charge on any atom is -0.341 e. The van der Waals surface area contributed by atoms with Gasteiger partial charge in [-0.15, -0.1) is 12.4 Å². The summed E-state index contributed by atoms with van der Waals surface area (Å²) < 4.78 is 1.86. The highest BCUT2D eigenvalue weighted by Gasteiger charge is 2.22. The number of hydrogen-bond donors (Lipinski definition) is 1. The normalized spacial score (nSPS) is 17.4. The molecule has 0 aliphatic carbocycles. The third kappa shape index (κ3) is 4.58. The second-order valence-electron chi connectivity index (χ2n) is 6.10. The van der Waals surface area contributed by atoms with Gasteiger partial charge in [-0.25, -0.2) is 4.68 Å². The van der Waals surface area contributed by atoms with Crippen molar-refractivity contribution in [3.8, 4) is 5.69 Å². The van der Waals surface area contributed by atoms with E-state index in [0.29, 0.717) is 12.5 Å². The monoisotopic (exact) mass is 348 g/mol. The van der Waals surface area contributed by atoms with Gasteiger partial charge in [-0.3, -0.25) is 4.79 Å². The summed E-state index contributed by atoms with van der Waals surface area (Å²) in [5.74, 6) is 0.248. The number of carbonyl (C=O) groups excluding carboxylic acids is 1. The van der Waals surface area contributed by atoms with Gasteiger partial charge in [-0.1, -0.05) is 18.2 Å². The minimum absolute atomic E-state index is 0. The molecule has 1 aromatic carbocycles.